The molecular formula is C60H40N4. The summed E-state index contributed by atoms with van der Waals surface area (Å²) in [5.74, 6) is 0. The fraction of sp³-hybridized carbons (Fsp3) is 0. The van der Waals surface area contributed by atoms with E-state index >= 15 is 0 Å². The molecule has 4 heteroatoms. The van der Waals surface area contributed by atoms with Crippen LogP contribution >= 0.6 is 0 Å². The third-order valence-electron chi connectivity index (χ3n) is 13.0. The van der Waals surface area contributed by atoms with Crippen molar-refractivity contribution >= 4 is 82.5 Å². The second-order valence-corrected chi connectivity index (χ2v) is 16.5. The third kappa shape index (κ3) is 5.56. The van der Waals surface area contributed by atoms with Gasteiger partial charge in [-0.15, -0.1) is 0 Å². The van der Waals surface area contributed by atoms with E-state index in [2.05, 4.69) is 261 Å². The molecule has 0 aliphatic carbocycles. The summed E-state index contributed by atoms with van der Waals surface area (Å²) in [4.78, 5) is 2.40. The first-order valence-corrected chi connectivity index (χ1v) is 21.9. The Labute approximate surface area is 370 Å². The van der Waals surface area contributed by atoms with Gasteiger partial charge in [0.15, 0.2) is 0 Å². The molecule has 0 saturated carbocycles. The summed E-state index contributed by atoms with van der Waals surface area (Å²) in [5.41, 5.74) is 16.1. The molecule has 0 aliphatic rings. The van der Waals surface area contributed by atoms with Crippen molar-refractivity contribution in [3.8, 4) is 28.2 Å². The van der Waals surface area contributed by atoms with Crippen LogP contribution in [-0.2, 0) is 0 Å². The highest BCUT2D eigenvalue weighted by Gasteiger charge is 2.20. The smallest absolute Gasteiger partial charge is 0.0547 e. The lowest BCUT2D eigenvalue weighted by Crippen LogP contribution is -2.11. The van der Waals surface area contributed by atoms with E-state index in [1.54, 1.807) is 0 Å². The van der Waals surface area contributed by atoms with E-state index in [-0.39, 0.29) is 0 Å². The fourth-order valence-electron chi connectivity index (χ4n) is 10.3. The summed E-state index contributed by atoms with van der Waals surface area (Å²) in [7, 11) is 0. The van der Waals surface area contributed by atoms with Crippen LogP contribution in [0.15, 0.2) is 243 Å². The highest BCUT2D eigenvalue weighted by atomic mass is 15.1. The summed E-state index contributed by atoms with van der Waals surface area (Å²) in [6.07, 6.45) is 0. The summed E-state index contributed by atoms with van der Waals surface area (Å²) in [6, 6.07) is 88.2. The van der Waals surface area contributed by atoms with Gasteiger partial charge in [0, 0.05) is 66.4 Å². The van der Waals surface area contributed by atoms with Crippen molar-refractivity contribution in [2.24, 2.45) is 0 Å². The Hall–Kier alpha value is -8.60. The van der Waals surface area contributed by atoms with Crippen LogP contribution in [0.4, 0.5) is 17.1 Å². The Balaban J connectivity index is 0.998. The molecule has 13 rings (SSSR count). The number of hydrogen-bond donors (Lipinski definition) is 0. The number of para-hydroxylation sites is 6. The topological polar surface area (TPSA) is 18.0 Å². The number of hydrogen-bond acceptors (Lipinski definition) is 1. The van der Waals surface area contributed by atoms with Crippen molar-refractivity contribution in [3.63, 3.8) is 0 Å². The number of benzene rings is 10. The lowest BCUT2D eigenvalue weighted by atomic mass is 9.99. The monoisotopic (exact) mass is 816 g/mol. The summed E-state index contributed by atoms with van der Waals surface area (Å²) in [6.45, 7) is 0. The standard InChI is InChI=1S/C60H40N4/c1-2-17-42(18-3-1)62-58-33-13-8-27-53(58)60-48(28-16-34-59(60)62)41-35-37-43(38-36-41)61(44-19-14-21-46(39-44)63-54-29-9-4-23-49(54)50-24-5-10-30-55(50)63)45-20-15-22-47(40-45)64-56-31-11-6-25-51(56)52-26-7-12-32-57(52)64/h1-40H. The number of nitrogens with zero attached hydrogens (tertiary/aromatic N) is 4. The zero-order valence-corrected chi connectivity index (χ0v) is 34.9. The predicted octanol–water partition coefficient (Wildman–Crippen LogP) is 16.1. The zero-order valence-electron chi connectivity index (χ0n) is 34.9. The van der Waals surface area contributed by atoms with E-state index in [0.717, 1.165) is 34.1 Å². The Bertz CT molecular complexity index is 3640. The highest BCUT2D eigenvalue weighted by Crippen LogP contribution is 2.43. The molecule has 0 aliphatic heterocycles. The summed E-state index contributed by atoms with van der Waals surface area (Å²) >= 11 is 0. The van der Waals surface area contributed by atoms with Crippen LogP contribution in [0.2, 0.25) is 0 Å². The third-order valence-corrected chi connectivity index (χ3v) is 13.0. The predicted molar refractivity (Wildman–Crippen MR) is 270 cm³/mol. The first kappa shape index (κ1) is 36.1. The Morgan fingerprint density at radius 3 is 1.12 bits per heavy atom. The van der Waals surface area contributed by atoms with Gasteiger partial charge < -0.3 is 18.6 Å². The van der Waals surface area contributed by atoms with E-state index in [1.165, 1.54) is 76.5 Å². The lowest BCUT2D eigenvalue weighted by molar-refractivity contribution is 1.16. The van der Waals surface area contributed by atoms with Gasteiger partial charge in [-0.2, -0.15) is 0 Å². The molecule has 3 aromatic heterocycles. The molecule has 0 amide bonds. The maximum Gasteiger partial charge on any atom is 0.0547 e. The average molecular weight is 817 g/mol. The minimum atomic E-state index is 1.07. The molecule has 0 atom stereocenters. The van der Waals surface area contributed by atoms with Gasteiger partial charge >= 0.3 is 0 Å². The largest absolute Gasteiger partial charge is 0.310 e. The van der Waals surface area contributed by atoms with Crippen molar-refractivity contribution in [2.45, 2.75) is 0 Å². The Morgan fingerprint density at radius 1 is 0.250 bits per heavy atom. The first-order chi connectivity index (χ1) is 31.8. The van der Waals surface area contributed by atoms with Crippen molar-refractivity contribution in [2.75, 3.05) is 4.90 Å². The molecule has 0 saturated heterocycles. The van der Waals surface area contributed by atoms with Gasteiger partial charge in [0.2, 0.25) is 0 Å². The van der Waals surface area contributed by atoms with Crippen molar-refractivity contribution in [1.29, 1.82) is 0 Å². The van der Waals surface area contributed by atoms with Gasteiger partial charge in [-0.1, -0.05) is 146 Å². The molecule has 0 fully saturated rings. The minimum Gasteiger partial charge on any atom is -0.310 e. The minimum absolute atomic E-state index is 1.07. The average Bonchev–Trinajstić information content (AvgIpc) is 4.01. The van der Waals surface area contributed by atoms with E-state index in [1.807, 2.05) is 0 Å². The molecule has 0 radical (unpaired) electrons. The van der Waals surface area contributed by atoms with Crippen LogP contribution in [0.1, 0.15) is 0 Å². The van der Waals surface area contributed by atoms with E-state index in [4.69, 9.17) is 0 Å². The molecule has 0 bridgehead atoms. The molecule has 64 heavy (non-hydrogen) atoms. The van der Waals surface area contributed by atoms with Gasteiger partial charge in [-0.05, 0) is 108 Å². The number of rotatable bonds is 7. The van der Waals surface area contributed by atoms with Crippen molar-refractivity contribution in [1.82, 2.24) is 13.7 Å². The molecule has 300 valence electrons. The van der Waals surface area contributed by atoms with E-state index in [9.17, 15) is 0 Å². The van der Waals surface area contributed by atoms with Crippen LogP contribution < -0.4 is 4.90 Å². The molecule has 0 unspecified atom stereocenters. The van der Waals surface area contributed by atoms with Gasteiger partial charge in [0.1, 0.15) is 0 Å². The Morgan fingerprint density at radius 2 is 0.625 bits per heavy atom. The lowest BCUT2D eigenvalue weighted by Gasteiger charge is -2.27. The quantitative estimate of drug-likeness (QED) is 0.157. The van der Waals surface area contributed by atoms with Gasteiger partial charge in [-0.3, -0.25) is 0 Å². The van der Waals surface area contributed by atoms with Crippen LogP contribution in [-0.4, -0.2) is 13.7 Å². The normalized spacial score (nSPS) is 11.8. The SMILES string of the molecule is c1ccc(-n2c3ccccc3c3c(-c4ccc(N(c5cccc(-n6c7ccccc7c7ccccc76)c5)c5cccc(-n6c7ccccc7c7ccccc76)c5)cc4)cccc32)cc1. The number of fused-ring (bicyclic) bond motifs is 9. The first-order valence-electron chi connectivity index (χ1n) is 21.9. The molecule has 0 N–H and O–H groups in total. The molecule has 3 heterocycles. The van der Waals surface area contributed by atoms with Gasteiger partial charge in [-0.25, -0.2) is 0 Å². The fourth-order valence-corrected chi connectivity index (χ4v) is 10.3. The number of anilines is 3. The second kappa shape index (κ2) is 14.5. The second-order valence-electron chi connectivity index (χ2n) is 16.5. The van der Waals surface area contributed by atoms with E-state index < -0.39 is 0 Å². The summed E-state index contributed by atoms with van der Waals surface area (Å²) < 4.78 is 7.19. The number of aromatic nitrogens is 3. The zero-order chi connectivity index (χ0) is 42.1. The molecule has 4 nitrogen and oxygen atoms in total. The maximum atomic E-state index is 2.40. The van der Waals surface area contributed by atoms with Crippen LogP contribution in [0.5, 0.6) is 0 Å². The van der Waals surface area contributed by atoms with E-state index in [0.29, 0.717) is 0 Å². The van der Waals surface area contributed by atoms with Crippen LogP contribution in [0, 0.1) is 0 Å². The van der Waals surface area contributed by atoms with Gasteiger partial charge in [0.25, 0.3) is 0 Å². The van der Waals surface area contributed by atoms with Crippen molar-refractivity contribution in [3.05, 3.63) is 243 Å². The maximum absolute atomic E-state index is 2.40. The highest BCUT2D eigenvalue weighted by molar-refractivity contribution is 6.16. The molecule has 0 spiro atoms. The van der Waals surface area contributed by atoms with Crippen molar-refractivity contribution < 1.29 is 0 Å². The van der Waals surface area contributed by atoms with Gasteiger partial charge in [0.05, 0.1) is 33.1 Å². The molecular weight excluding hydrogens is 777 g/mol. The molecule has 13 aromatic rings. The van der Waals surface area contributed by atoms with Crippen LogP contribution in [0.25, 0.3) is 93.6 Å². The Kier molecular flexibility index (Phi) is 8.18. The summed E-state index contributed by atoms with van der Waals surface area (Å²) in [5, 5.41) is 7.48. The van der Waals surface area contributed by atoms with Crippen LogP contribution in [0.3, 0.4) is 0 Å². The molecule has 10 aromatic carbocycles.